The number of nitrogens with one attached hydrogen (secondary N) is 2. The first kappa shape index (κ1) is 14.0. The lowest BCUT2D eigenvalue weighted by Crippen LogP contribution is -2.58. The zero-order chi connectivity index (χ0) is 14.6. The van der Waals surface area contributed by atoms with E-state index >= 15 is 0 Å². The second-order valence-corrected chi connectivity index (χ2v) is 8.67. The van der Waals surface area contributed by atoms with E-state index in [4.69, 9.17) is 0 Å². The van der Waals surface area contributed by atoms with E-state index in [-0.39, 0.29) is 11.9 Å². The van der Waals surface area contributed by atoms with E-state index in [1.54, 1.807) is 0 Å². The van der Waals surface area contributed by atoms with Gasteiger partial charge in [-0.15, -0.1) is 0 Å². The van der Waals surface area contributed by atoms with E-state index in [1.165, 1.54) is 51.4 Å². The van der Waals surface area contributed by atoms with Gasteiger partial charge < -0.3 is 10.6 Å². The molecule has 2 atom stereocenters. The summed E-state index contributed by atoms with van der Waals surface area (Å²) in [4.78, 5) is 12.2. The van der Waals surface area contributed by atoms with E-state index in [0.717, 1.165) is 17.8 Å². The molecule has 0 radical (unpaired) electrons. The standard InChI is InChI=1S/C18H30N2O/c1-11(17(21)20-16-3-4-16)19-12(2)18-8-13-5-14(9-18)7-15(6-13)10-18/h11-16,19H,3-10H2,1-2H3,(H,20,21)/t11-,12+,13?,14?,15?,18?/m1/s1. The van der Waals surface area contributed by atoms with Gasteiger partial charge in [-0.3, -0.25) is 4.79 Å². The predicted molar refractivity (Wildman–Crippen MR) is 83.8 cm³/mol. The Morgan fingerprint density at radius 1 is 1.00 bits per heavy atom. The quantitative estimate of drug-likeness (QED) is 0.817. The Hall–Kier alpha value is -0.570. The molecule has 2 N–H and O–H groups in total. The van der Waals surface area contributed by atoms with Gasteiger partial charge in [0.1, 0.15) is 0 Å². The summed E-state index contributed by atoms with van der Waals surface area (Å²) < 4.78 is 0. The van der Waals surface area contributed by atoms with Crippen molar-refractivity contribution in [2.45, 2.75) is 83.3 Å². The van der Waals surface area contributed by atoms with Gasteiger partial charge in [-0.25, -0.2) is 0 Å². The molecule has 118 valence electrons. The van der Waals surface area contributed by atoms with Crippen LogP contribution in [-0.2, 0) is 4.79 Å². The van der Waals surface area contributed by atoms with E-state index < -0.39 is 0 Å². The Morgan fingerprint density at radius 2 is 1.52 bits per heavy atom. The van der Waals surface area contributed by atoms with Crippen molar-refractivity contribution in [3.8, 4) is 0 Å². The van der Waals surface area contributed by atoms with Crippen molar-refractivity contribution in [2.24, 2.45) is 23.2 Å². The molecule has 0 aromatic heterocycles. The van der Waals surface area contributed by atoms with Gasteiger partial charge in [-0.2, -0.15) is 0 Å². The Morgan fingerprint density at radius 3 is 2.00 bits per heavy atom. The normalized spacial score (nSPS) is 43.6. The molecule has 5 rings (SSSR count). The monoisotopic (exact) mass is 290 g/mol. The Labute approximate surface area is 128 Å². The lowest BCUT2D eigenvalue weighted by atomic mass is 9.48. The van der Waals surface area contributed by atoms with E-state index in [9.17, 15) is 4.79 Å². The first-order chi connectivity index (χ1) is 10.0. The van der Waals surface area contributed by atoms with Crippen LogP contribution in [0, 0.1) is 23.2 Å². The first-order valence-electron chi connectivity index (χ1n) is 9.10. The summed E-state index contributed by atoms with van der Waals surface area (Å²) in [6.07, 6.45) is 11.0. The molecule has 0 heterocycles. The zero-order valence-corrected chi connectivity index (χ0v) is 13.5. The maximum Gasteiger partial charge on any atom is 0.237 e. The summed E-state index contributed by atoms with van der Waals surface area (Å²) >= 11 is 0. The SMILES string of the molecule is C[C@H](N[C@H](C)C(=O)NC1CC1)C12CC3CC(CC(C3)C1)C2. The molecule has 5 aliphatic carbocycles. The fourth-order valence-corrected chi connectivity index (χ4v) is 5.89. The zero-order valence-electron chi connectivity index (χ0n) is 13.5. The largest absolute Gasteiger partial charge is 0.352 e. The molecule has 5 saturated carbocycles. The molecule has 3 heteroatoms. The number of rotatable bonds is 5. The second kappa shape index (κ2) is 4.97. The van der Waals surface area contributed by atoms with Crippen LogP contribution >= 0.6 is 0 Å². The number of amides is 1. The van der Waals surface area contributed by atoms with Gasteiger partial charge in [-0.1, -0.05) is 0 Å². The highest BCUT2D eigenvalue weighted by Gasteiger charge is 2.53. The third-order valence-corrected chi connectivity index (χ3v) is 6.82. The molecule has 4 bridgehead atoms. The van der Waals surface area contributed by atoms with E-state index in [0.29, 0.717) is 17.5 Å². The highest BCUT2D eigenvalue weighted by molar-refractivity contribution is 5.81. The first-order valence-corrected chi connectivity index (χ1v) is 9.10. The summed E-state index contributed by atoms with van der Waals surface area (Å²) in [6.45, 7) is 4.38. The fourth-order valence-electron chi connectivity index (χ4n) is 5.89. The Bertz CT molecular complexity index is 394. The van der Waals surface area contributed by atoms with Crippen molar-refractivity contribution in [3.63, 3.8) is 0 Å². The molecule has 0 aromatic carbocycles. The van der Waals surface area contributed by atoms with Crippen molar-refractivity contribution in [2.75, 3.05) is 0 Å². The summed E-state index contributed by atoms with van der Waals surface area (Å²) in [5.41, 5.74) is 0.489. The lowest BCUT2D eigenvalue weighted by molar-refractivity contribution is -0.124. The van der Waals surface area contributed by atoms with Crippen LogP contribution in [0.25, 0.3) is 0 Å². The van der Waals surface area contributed by atoms with Crippen LogP contribution in [0.5, 0.6) is 0 Å². The average molecular weight is 290 g/mol. The van der Waals surface area contributed by atoms with Gasteiger partial charge in [0.15, 0.2) is 0 Å². The molecule has 5 fully saturated rings. The van der Waals surface area contributed by atoms with Gasteiger partial charge in [0.05, 0.1) is 6.04 Å². The molecule has 3 nitrogen and oxygen atoms in total. The van der Waals surface area contributed by atoms with Gasteiger partial charge in [0.2, 0.25) is 5.91 Å². The predicted octanol–water partition coefficient (Wildman–Crippen LogP) is 2.85. The van der Waals surface area contributed by atoms with Crippen molar-refractivity contribution in [3.05, 3.63) is 0 Å². The summed E-state index contributed by atoms with van der Waals surface area (Å²) in [7, 11) is 0. The lowest BCUT2D eigenvalue weighted by Gasteiger charge is -2.59. The Kier molecular flexibility index (Phi) is 3.33. The average Bonchev–Trinajstić information content (AvgIpc) is 3.20. The second-order valence-electron chi connectivity index (χ2n) is 8.67. The van der Waals surface area contributed by atoms with Crippen molar-refractivity contribution in [1.82, 2.24) is 10.6 Å². The molecule has 0 aliphatic heterocycles. The fraction of sp³-hybridized carbons (Fsp3) is 0.944. The topological polar surface area (TPSA) is 41.1 Å². The molecule has 5 aliphatic rings. The van der Waals surface area contributed by atoms with Gasteiger partial charge in [0, 0.05) is 12.1 Å². The minimum atomic E-state index is -0.0476. The maximum atomic E-state index is 12.2. The van der Waals surface area contributed by atoms with Crippen LogP contribution in [0.3, 0.4) is 0 Å². The van der Waals surface area contributed by atoms with Crippen LogP contribution in [0.15, 0.2) is 0 Å². The highest BCUT2D eigenvalue weighted by Crippen LogP contribution is 2.61. The van der Waals surface area contributed by atoms with Crippen molar-refractivity contribution >= 4 is 5.91 Å². The Balaban J connectivity index is 1.39. The molecule has 0 spiro atoms. The minimum Gasteiger partial charge on any atom is -0.352 e. The van der Waals surface area contributed by atoms with Crippen LogP contribution < -0.4 is 10.6 Å². The van der Waals surface area contributed by atoms with Crippen LogP contribution in [0.1, 0.15) is 65.2 Å². The van der Waals surface area contributed by atoms with Gasteiger partial charge >= 0.3 is 0 Å². The number of carbonyl (C=O) groups is 1. The number of carbonyl (C=O) groups excluding carboxylic acids is 1. The van der Waals surface area contributed by atoms with E-state index in [1.807, 2.05) is 6.92 Å². The minimum absolute atomic E-state index is 0.0476. The molecule has 21 heavy (non-hydrogen) atoms. The smallest absolute Gasteiger partial charge is 0.237 e. The molecule has 0 aromatic rings. The van der Waals surface area contributed by atoms with Gasteiger partial charge in [-0.05, 0) is 88.4 Å². The highest BCUT2D eigenvalue weighted by atomic mass is 16.2. The third kappa shape index (κ3) is 2.62. The third-order valence-electron chi connectivity index (χ3n) is 6.82. The summed E-state index contributed by atoms with van der Waals surface area (Å²) in [6, 6.07) is 0.899. The molecule has 0 unspecified atom stereocenters. The van der Waals surface area contributed by atoms with Crippen molar-refractivity contribution < 1.29 is 4.79 Å². The van der Waals surface area contributed by atoms with Crippen LogP contribution in [0.4, 0.5) is 0 Å². The van der Waals surface area contributed by atoms with E-state index in [2.05, 4.69) is 17.6 Å². The molecule has 1 amide bonds. The molecular weight excluding hydrogens is 260 g/mol. The molecule has 0 saturated heterocycles. The van der Waals surface area contributed by atoms with Crippen LogP contribution in [-0.4, -0.2) is 24.0 Å². The summed E-state index contributed by atoms with van der Waals surface area (Å²) in [5.74, 6) is 3.15. The van der Waals surface area contributed by atoms with Crippen LogP contribution in [0.2, 0.25) is 0 Å². The maximum absolute atomic E-state index is 12.2. The summed E-state index contributed by atoms with van der Waals surface area (Å²) in [5, 5.41) is 6.79. The number of hydrogen-bond donors (Lipinski definition) is 2. The van der Waals surface area contributed by atoms with Gasteiger partial charge in [0.25, 0.3) is 0 Å². The number of hydrogen-bond acceptors (Lipinski definition) is 2. The van der Waals surface area contributed by atoms with Crippen molar-refractivity contribution in [1.29, 1.82) is 0 Å². The molecular formula is C18H30N2O.